The Hall–Kier alpha value is -1.51. The summed E-state index contributed by atoms with van der Waals surface area (Å²) in [7, 11) is 0. The number of carbonyl (C=O) groups is 1. The molecule has 1 aromatic carbocycles. The van der Waals surface area contributed by atoms with E-state index in [0.717, 1.165) is 5.69 Å². The van der Waals surface area contributed by atoms with E-state index in [0.29, 0.717) is 18.5 Å². The van der Waals surface area contributed by atoms with Gasteiger partial charge in [-0.25, -0.2) is 0 Å². The van der Waals surface area contributed by atoms with Crippen LogP contribution in [0.25, 0.3) is 0 Å². The van der Waals surface area contributed by atoms with Crippen LogP contribution in [0.4, 0.5) is 5.69 Å². The van der Waals surface area contributed by atoms with Gasteiger partial charge in [0.15, 0.2) is 0 Å². The fourth-order valence-electron chi connectivity index (χ4n) is 3.21. The van der Waals surface area contributed by atoms with E-state index in [2.05, 4.69) is 43.0 Å². The van der Waals surface area contributed by atoms with Gasteiger partial charge in [-0.1, -0.05) is 30.5 Å². The van der Waals surface area contributed by atoms with Crippen molar-refractivity contribution in [3.05, 3.63) is 29.8 Å². The molecule has 1 unspecified atom stereocenters. The molecule has 0 aliphatic heterocycles. The van der Waals surface area contributed by atoms with Crippen molar-refractivity contribution in [1.29, 1.82) is 0 Å². The summed E-state index contributed by atoms with van der Waals surface area (Å²) in [6.45, 7) is 4.92. The maximum Gasteiger partial charge on any atom is 0.305 e. The van der Waals surface area contributed by atoms with E-state index in [1.165, 1.54) is 31.2 Å². The fourth-order valence-corrected chi connectivity index (χ4v) is 3.21. The molecule has 1 aliphatic carbocycles. The van der Waals surface area contributed by atoms with Crippen molar-refractivity contribution in [3.8, 4) is 0 Å². The summed E-state index contributed by atoms with van der Waals surface area (Å²) in [5.41, 5.74) is 2.39. The minimum atomic E-state index is -0.722. The lowest BCUT2D eigenvalue weighted by Crippen LogP contribution is -2.39. The van der Waals surface area contributed by atoms with Crippen LogP contribution in [0.5, 0.6) is 0 Å². The van der Waals surface area contributed by atoms with Gasteiger partial charge in [-0.3, -0.25) is 4.79 Å². The Labute approximate surface area is 121 Å². The number of rotatable bonds is 6. The zero-order valence-corrected chi connectivity index (χ0v) is 12.5. The second-order valence-electron chi connectivity index (χ2n) is 5.96. The number of anilines is 1. The fraction of sp³-hybridized carbons (Fsp3) is 0.588. The minimum absolute atomic E-state index is 0.199. The van der Waals surface area contributed by atoms with E-state index >= 15 is 0 Å². The summed E-state index contributed by atoms with van der Waals surface area (Å²) in [6, 6.07) is 8.85. The highest BCUT2D eigenvalue weighted by Crippen LogP contribution is 2.32. The Morgan fingerprint density at radius 2 is 1.90 bits per heavy atom. The van der Waals surface area contributed by atoms with Gasteiger partial charge in [0.2, 0.25) is 0 Å². The third kappa shape index (κ3) is 3.75. The number of benzene rings is 1. The molecule has 0 saturated heterocycles. The second kappa shape index (κ2) is 6.78. The summed E-state index contributed by atoms with van der Waals surface area (Å²) < 4.78 is 0. The van der Waals surface area contributed by atoms with Crippen molar-refractivity contribution in [3.63, 3.8) is 0 Å². The molecule has 0 heterocycles. The van der Waals surface area contributed by atoms with Crippen molar-refractivity contribution in [1.82, 2.24) is 0 Å². The number of hydrogen-bond acceptors (Lipinski definition) is 2. The summed E-state index contributed by atoms with van der Waals surface area (Å²) in [6.07, 6.45) is 5.38. The molecule has 1 N–H and O–H groups in total. The Morgan fingerprint density at radius 3 is 2.45 bits per heavy atom. The highest BCUT2D eigenvalue weighted by molar-refractivity contribution is 5.67. The van der Waals surface area contributed by atoms with Crippen LogP contribution in [-0.2, 0) is 4.79 Å². The van der Waals surface area contributed by atoms with Gasteiger partial charge in [0.25, 0.3) is 0 Å². The quantitative estimate of drug-likeness (QED) is 0.857. The van der Waals surface area contributed by atoms with Gasteiger partial charge in [0.1, 0.15) is 0 Å². The van der Waals surface area contributed by atoms with Crippen LogP contribution in [0.15, 0.2) is 24.3 Å². The Kier molecular flexibility index (Phi) is 5.05. The van der Waals surface area contributed by atoms with Crippen LogP contribution >= 0.6 is 0 Å². The molecule has 110 valence electrons. The van der Waals surface area contributed by atoms with Gasteiger partial charge in [-0.15, -0.1) is 0 Å². The molecule has 0 aromatic heterocycles. The van der Waals surface area contributed by atoms with E-state index in [4.69, 9.17) is 5.11 Å². The lowest BCUT2D eigenvalue weighted by atomic mass is 9.97. The van der Waals surface area contributed by atoms with Gasteiger partial charge in [0, 0.05) is 18.3 Å². The zero-order valence-electron chi connectivity index (χ0n) is 12.5. The largest absolute Gasteiger partial charge is 0.481 e. The first-order valence-electron chi connectivity index (χ1n) is 7.63. The second-order valence-corrected chi connectivity index (χ2v) is 5.96. The molecule has 0 amide bonds. The highest BCUT2D eigenvalue weighted by atomic mass is 16.4. The molecular weight excluding hydrogens is 250 g/mol. The molecule has 0 bridgehead atoms. The summed E-state index contributed by atoms with van der Waals surface area (Å²) in [5.74, 6) is -0.0224. The summed E-state index contributed by atoms with van der Waals surface area (Å²) in [4.78, 5) is 13.2. The topological polar surface area (TPSA) is 40.5 Å². The highest BCUT2D eigenvalue weighted by Gasteiger charge is 2.26. The number of aliphatic carboxylic acids is 1. The number of carboxylic acid groups (broad SMARTS) is 1. The molecule has 1 fully saturated rings. The number of aryl methyl sites for hydroxylation is 1. The van der Waals surface area contributed by atoms with E-state index in [9.17, 15) is 4.79 Å². The number of hydrogen-bond donors (Lipinski definition) is 1. The zero-order chi connectivity index (χ0) is 14.5. The Balaban J connectivity index is 2.14. The van der Waals surface area contributed by atoms with Crippen LogP contribution < -0.4 is 4.90 Å². The molecule has 1 atom stereocenters. The number of nitrogens with zero attached hydrogens (tertiary/aromatic N) is 1. The van der Waals surface area contributed by atoms with Crippen LogP contribution in [-0.4, -0.2) is 23.7 Å². The van der Waals surface area contributed by atoms with Gasteiger partial charge >= 0.3 is 5.97 Å². The molecule has 20 heavy (non-hydrogen) atoms. The molecule has 3 heteroatoms. The monoisotopic (exact) mass is 275 g/mol. The SMILES string of the molecule is Cc1ccc(N(CCC(=O)O)C(C)C2CCCC2)cc1. The first kappa shape index (κ1) is 14.9. The van der Waals surface area contributed by atoms with Gasteiger partial charge in [0.05, 0.1) is 6.42 Å². The molecule has 0 radical (unpaired) electrons. The minimum Gasteiger partial charge on any atom is -0.481 e. The maximum absolute atomic E-state index is 10.9. The van der Waals surface area contributed by atoms with Gasteiger partial charge in [-0.2, -0.15) is 0 Å². The Morgan fingerprint density at radius 1 is 1.30 bits per heavy atom. The third-order valence-corrected chi connectivity index (χ3v) is 4.51. The van der Waals surface area contributed by atoms with Crippen LogP contribution in [0, 0.1) is 12.8 Å². The van der Waals surface area contributed by atoms with Crippen molar-refractivity contribution in [2.24, 2.45) is 5.92 Å². The molecule has 1 aliphatic rings. The predicted octanol–water partition coefficient (Wildman–Crippen LogP) is 3.85. The first-order chi connectivity index (χ1) is 9.58. The Bertz CT molecular complexity index is 435. The van der Waals surface area contributed by atoms with Crippen molar-refractivity contribution >= 4 is 11.7 Å². The van der Waals surface area contributed by atoms with Gasteiger partial charge in [-0.05, 0) is 44.7 Å². The predicted molar refractivity (Wildman–Crippen MR) is 82.2 cm³/mol. The average Bonchev–Trinajstić information content (AvgIpc) is 2.94. The molecule has 0 spiro atoms. The van der Waals surface area contributed by atoms with Crippen LogP contribution in [0.1, 0.15) is 44.6 Å². The van der Waals surface area contributed by atoms with E-state index in [-0.39, 0.29) is 6.42 Å². The average molecular weight is 275 g/mol. The first-order valence-corrected chi connectivity index (χ1v) is 7.63. The van der Waals surface area contributed by atoms with E-state index in [1.54, 1.807) is 0 Å². The maximum atomic E-state index is 10.9. The molecular formula is C17H25NO2. The lowest BCUT2D eigenvalue weighted by Gasteiger charge is -2.35. The molecule has 3 nitrogen and oxygen atoms in total. The van der Waals surface area contributed by atoms with Crippen LogP contribution in [0.2, 0.25) is 0 Å². The molecule has 2 rings (SSSR count). The van der Waals surface area contributed by atoms with Crippen molar-refractivity contribution in [2.45, 2.75) is 52.0 Å². The molecule has 1 saturated carbocycles. The standard InChI is InChI=1S/C17H25NO2/c1-13-7-9-16(10-8-13)18(12-11-17(19)20)14(2)15-5-3-4-6-15/h7-10,14-15H,3-6,11-12H2,1-2H3,(H,19,20). The lowest BCUT2D eigenvalue weighted by molar-refractivity contribution is -0.136. The van der Waals surface area contributed by atoms with E-state index in [1.807, 2.05) is 0 Å². The summed E-state index contributed by atoms with van der Waals surface area (Å²) >= 11 is 0. The molecule has 1 aromatic rings. The van der Waals surface area contributed by atoms with Crippen molar-refractivity contribution in [2.75, 3.05) is 11.4 Å². The van der Waals surface area contributed by atoms with Crippen molar-refractivity contribution < 1.29 is 9.90 Å². The van der Waals surface area contributed by atoms with Crippen LogP contribution in [0.3, 0.4) is 0 Å². The smallest absolute Gasteiger partial charge is 0.305 e. The van der Waals surface area contributed by atoms with Gasteiger partial charge < -0.3 is 10.0 Å². The summed E-state index contributed by atoms with van der Waals surface area (Å²) in [5, 5.41) is 8.97. The normalized spacial score (nSPS) is 17.1. The third-order valence-electron chi connectivity index (χ3n) is 4.51. The number of carboxylic acids is 1. The van der Waals surface area contributed by atoms with E-state index < -0.39 is 5.97 Å².